The van der Waals surface area contributed by atoms with Crippen LogP contribution in [0.25, 0.3) is 0 Å². The van der Waals surface area contributed by atoms with Crippen molar-refractivity contribution in [2.45, 2.75) is 38.7 Å². The normalized spacial score (nSPS) is 24.2. The summed E-state index contributed by atoms with van der Waals surface area (Å²) >= 11 is 0. The van der Waals surface area contributed by atoms with Crippen LogP contribution in [0.1, 0.15) is 49.8 Å². The molecule has 1 heterocycles. The van der Waals surface area contributed by atoms with Gasteiger partial charge in [-0.15, -0.1) is 0 Å². The summed E-state index contributed by atoms with van der Waals surface area (Å²) in [5.74, 6) is 0.477. The molecule has 2 atom stereocenters. The standard InChI is InChI=1S/C17H26F2N2/c1-3-21-10-5-4-7-15(12-20-2)16(21)13-8-6-9-14(11-13)17(18)19/h6,8-9,11,15-17,20H,3-5,7,10,12H2,1-2H3. The van der Waals surface area contributed by atoms with Crippen LogP contribution >= 0.6 is 0 Å². The molecule has 0 spiro atoms. The van der Waals surface area contributed by atoms with E-state index >= 15 is 0 Å². The zero-order chi connectivity index (χ0) is 15.2. The van der Waals surface area contributed by atoms with Gasteiger partial charge in [-0.05, 0) is 57.1 Å². The lowest BCUT2D eigenvalue weighted by Gasteiger charge is -2.35. The molecule has 0 saturated carbocycles. The number of hydrogen-bond donors (Lipinski definition) is 1. The van der Waals surface area contributed by atoms with Crippen molar-refractivity contribution in [3.8, 4) is 0 Å². The highest BCUT2D eigenvalue weighted by atomic mass is 19.3. The highest BCUT2D eigenvalue weighted by Crippen LogP contribution is 2.36. The molecule has 1 N–H and O–H groups in total. The number of nitrogens with one attached hydrogen (secondary N) is 1. The predicted molar refractivity (Wildman–Crippen MR) is 82.7 cm³/mol. The Morgan fingerprint density at radius 2 is 2.14 bits per heavy atom. The molecule has 0 aromatic heterocycles. The summed E-state index contributed by atoms with van der Waals surface area (Å²) in [6, 6.07) is 7.24. The van der Waals surface area contributed by atoms with Crippen molar-refractivity contribution in [1.29, 1.82) is 0 Å². The zero-order valence-electron chi connectivity index (χ0n) is 13.0. The summed E-state index contributed by atoms with van der Waals surface area (Å²) in [6.45, 7) is 5.11. The summed E-state index contributed by atoms with van der Waals surface area (Å²) in [6.07, 6.45) is 1.17. The highest BCUT2D eigenvalue weighted by molar-refractivity contribution is 5.27. The van der Waals surface area contributed by atoms with Crippen LogP contribution in [-0.2, 0) is 0 Å². The predicted octanol–water partition coefficient (Wildman–Crippen LogP) is 4.01. The molecule has 2 unspecified atom stereocenters. The van der Waals surface area contributed by atoms with E-state index in [4.69, 9.17) is 0 Å². The molecule has 1 saturated heterocycles. The fourth-order valence-electron chi connectivity index (χ4n) is 3.51. The van der Waals surface area contributed by atoms with E-state index in [0.29, 0.717) is 5.92 Å². The maximum absolute atomic E-state index is 13.0. The van der Waals surface area contributed by atoms with Crippen molar-refractivity contribution >= 4 is 0 Å². The molecular formula is C17H26F2N2. The molecule has 0 bridgehead atoms. The third-order valence-electron chi connectivity index (χ3n) is 4.49. The van der Waals surface area contributed by atoms with Gasteiger partial charge in [-0.3, -0.25) is 4.90 Å². The second kappa shape index (κ2) is 7.85. The molecule has 1 aromatic carbocycles. The first-order valence-corrected chi connectivity index (χ1v) is 7.94. The van der Waals surface area contributed by atoms with Crippen LogP contribution in [0.4, 0.5) is 8.78 Å². The second-order valence-corrected chi connectivity index (χ2v) is 5.86. The van der Waals surface area contributed by atoms with Gasteiger partial charge in [0.15, 0.2) is 0 Å². The first kappa shape index (κ1) is 16.4. The minimum Gasteiger partial charge on any atom is -0.319 e. The topological polar surface area (TPSA) is 15.3 Å². The molecule has 21 heavy (non-hydrogen) atoms. The third kappa shape index (κ3) is 4.01. The van der Waals surface area contributed by atoms with Crippen molar-refractivity contribution in [2.75, 3.05) is 26.7 Å². The van der Waals surface area contributed by atoms with Gasteiger partial charge in [-0.25, -0.2) is 8.78 Å². The average molecular weight is 296 g/mol. The lowest BCUT2D eigenvalue weighted by Crippen LogP contribution is -2.36. The van der Waals surface area contributed by atoms with Crippen molar-refractivity contribution in [1.82, 2.24) is 10.2 Å². The van der Waals surface area contributed by atoms with E-state index in [1.165, 1.54) is 18.9 Å². The van der Waals surface area contributed by atoms with E-state index in [-0.39, 0.29) is 11.6 Å². The molecular weight excluding hydrogens is 270 g/mol. The molecule has 0 radical (unpaired) electrons. The third-order valence-corrected chi connectivity index (χ3v) is 4.49. The number of halogens is 2. The fraction of sp³-hybridized carbons (Fsp3) is 0.647. The second-order valence-electron chi connectivity index (χ2n) is 5.86. The van der Waals surface area contributed by atoms with Gasteiger partial charge in [0.2, 0.25) is 0 Å². The smallest absolute Gasteiger partial charge is 0.263 e. The van der Waals surface area contributed by atoms with Crippen LogP contribution in [0.5, 0.6) is 0 Å². The number of benzene rings is 1. The van der Waals surface area contributed by atoms with Gasteiger partial charge in [0.05, 0.1) is 0 Å². The van der Waals surface area contributed by atoms with Crippen LogP contribution in [0, 0.1) is 5.92 Å². The van der Waals surface area contributed by atoms with Gasteiger partial charge in [-0.2, -0.15) is 0 Å². The number of hydrogen-bond acceptors (Lipinski definition) is 2. The first-order valence-electron chi connectivity index (χ1n) is 7.94. The molecule has 0 aliphatic carbocycles. The van der Waals surface area contributed by atoms with E-state index in [9.17, 15) is 8.78 Å². The van der Waals surface area contributed by atoms with Crippen molar-refractivity contribution in [3.63, 3.8) is 0 Å². The van der Waals surface area contributed by atoms with E-state index in [0.717, 1.165) is 31.6 Å². The van der Waals surface area contributed by atoms with Crippen LogP contribution < -0.4 is 5.32 Å². The SMILES string of the molecule is CCN1CCCCC(CNC)C1c1cccc(C(F)F)c1. The maximum Gasteiger partial charge on any atom is 0.263 e. The summed E-state index contributed by atoms with van der Waals surface area (Å²) in [7, 11) is 1.97. The lowest BCUT2D eigenvalue weighted by atomic mass is 9.88. The zero-order valence-corrected chi connectivity index (χ0v) is 13.0. The first-order chi connectivity index (χ1) is 10.2. The molecule has 1 aliphatic heterocycles. The molecule has 1 aromatic rings. The van der Waals surface area contributed by atoms with E-state index < -0.39 is 6.43 Å². The van der Waals surface area contributed by atoms with Crippen LogP contribution in [0.15, 0.2) is 24.3 Å². The Morgan fingerprint density at radius 3 is 2.81 bits per heavy atom. The molecule has 2 nitrogen and oxygen atoms in total. The Bertz CT molecular complexity index is 437. The molecule has 0 amide bonds. The monoisotopic (exact) mass is 296 g/mol. The van der Waals surface area contributed by atoms with E-state index in [1.807, 2.05) is 13.1 Å². The fourth-order valence-corrected chi connectivity index (χ4v) is 3.51. The van der Waals surface area contributed by atoms with Gasteiger partial charge in [0.1, 0.15) is 0 Å². The number of rotatable bonds is 5. The summed E-state index contributed by atoms with van der Waals surface area (Å²) in [4.78, 5) is 2.44. The highest BCUT2D eigenvalue weighted by Gasteiger charge is 2.30. The molecule has 4 heteroatoms. The van der Waals surface area contributed by atoms with Gasteiger partial charge < -0.3 is 5.32 Å². The quantitative estimate of drug-likeness (QED) is 0.883. The van der Waals surface area contributed by atoms with Crippen LogP contribution in [-0.4, -0.2) is 31.6 Å². The number of nitrogens with zero attached hydrogens (tertiary/aromatic N) is 1. The van der Waals surface area contributed by atoms with Gasteiger partial charge in [-0.1, -0.05) is 31.5 Å². The Hall–Kier alpha value is -1.00. The average Bonchev–Trinajstić information content (AvgIpc) is 2.69. The Kier molecular flexibility index (Phi) is 6.12. The number of likely N-dealkylation sites (tertiary alicyclic amines) is 1. The summed E-state index contributed by atoms with van der Waals surface area (Å²) < 4.78 is 26.0. The Morgan fingerprint density at radius 1 is 1.33 bits per heavy atom. The Balaban J connectivity index is 2.34. The van der Waals surface area contributed by atoms with Gasteiger partial charge in [0, 0.05) is 11.6 Å². The maximum atomic E-state index is 13.0. The minimum atomic E-state index is -2.39. The summed E-state index contributed by atoms with van der Waals surface area (Å²) in [5, 5.41) is 3.27. The van der Waals surface area contributed by atoms with Gasteiger partial charge >= 0.3 is 0 Å². The van der Waals surface area contributed by atoms with Crippen molar-refractivity contribution < 1.29 is 8.78 Å². The van der Waals surface area contributed by atoms with Crippen LogP contribution in [0.3, 0.4) is 0 Å². The van der Waals surface area contributed by atoms with Crippen LogP contribution in [0.2, 0.25) is 0 Å². The lowest BCUT2D eigenvalue weighted by molar-refractivity contribution is 0.148. The summed E-state index contributed by atoms with van der Waals surface area (Å²) in [5.41, 5.74) is 1.17. The molecule has 118 valence electrons. The molecule has 1 aliphatic rings. The van der Waals surface area contributed by atoms with Crippen molar-refractivity contribution in [2.24, 2.45) is 5.92 Å². The minimum absolute atomic E-state index is 0.135. The Labute approximate surface area is 126 Å². The van der Waals surface area contributed by atoms with E-state index in [2.05, 4.69) is 17.1 Å². The number of alkyl halides is 2. The molecule has 1 fully saturated rings. The van der Waals surface area contributed by atoms with Gasteiger partial charge in [0.25, 0.3) is 6.43 Å². The van der Waals surface area contributed by atoms with E-state index in [1.54, 1.807) is 12.1 Å². The molecule has 2 rings (SSSR count). The largest absolute Gasteiger partial charge is 0.319 e. The van der Waals surface area contributed by atoms with Crippen molar-refractivity contribution in [3.05, 3.63) is 35.4 Å².